The van der Waals surface area contributed by atoms with Crippen LogP contribution in [0, 0.1) is 6.92 Å². The Balaban J connectivity index is 2.03. The Kier molecular flexibility index (Phi) is 5.28. The monoisotopic (exact) mass is 443 g/mol. The Hall–Kier alpha value is -3.24. The Morgan fingerprint density at radius 3 is 2.48 bits per heavy atom. The van der Waals surface area contributed by atoms with Crippen molar-refractivity contribution in [1.82, 2.24) is 14.5 Å². The maximum atomic E-state index is 13.6. The molecule has 1 aliphatic heterocycles. The molecular weight excluding hydrogens is 422 g/mol. The number of fused-ring (bicyclic) bond motifs is 1. The number of nitrogens with one attached hydrogen (secondary N) is 1. The second kappa shape index (κ2) is 7.78. The quantitative estimate of drug-likeness (QED) is 0.475. The van der Waals surface area contributed by atoms with Crippen LogP contribution >= 0.6 is 0 Å². The third-order valence-electron chi connectivity index (χ3n) is 5.20. The number of imidazole rings is 1. The molecule has 0 bridgehead atoms. The van der Waals surface area contributed by atoms with Crippen molar-refractivity contribution in [3.05, 3.63) is 58.5 Å². The molecule has 2 aromatic carbocycles. The van der Waals surface area contributed by atoms with Gasteiger partial charge in [-0.25, -0.2) is 4.79 Å². The summed E-state index contributed by atoms with van der Waals surface area (Å²) in [4.78, 5) is 37.5. The second-order valence-electron chi connectivity index (χ2n) is 7.28. The van der Waals surface area contributed by atoms with Gasteiger partial charge in [0.25, 0.3) is 10.1 Å². The van der Waals surface area contributed by atoms with Crippen molar-refractivity contribution >= 4 is 33.0 Å². The first-order valence-electron chi connectivity index (χ1n) is 9.80. The highest BCUT2D eigenvalue weighted by Crippen LogP contribution is 2.28. The number of rotatable bonds is 5. The number of aryl methyl sites for hydroxylation is 1. The molecule has 9 nitrogen and oxygen atoms in total. The molecule has 1 aromatic heterocycles. The summed E-state index contributed by atoms with van der Waals surface area (Å²) in [7, 11) is -4.12. The number of amides is 2. The molecule has 2 amide bonds. The smallest absolute Gasteiger partial charge is 0.295 e. The van der Waals surface area contributed by atoms with E-state index >= 15 is 0 Å². The zero-order chi connectivity index (χ0) is 22.3. The lowest BCUT2D eigenvalue weighted by atomic mass is 10.1. The van der Waals surface area contributed by atoms with Crippen molar-refractivity contribution in [1.29, 1.82) is 0 Å². The summed E-state index contributed by atoms with van der Waals surface area (Å²) in [5.41, 5.74) is 1.21. The number of hydrogen-bond acceptors (Lipinski definition) is 6. The number of para-hydroxylation sites is 2. The normalized spacial score (nSPS) is 17.2. The lowest BCUT2D eigenvalue weighted by Crippen LogP contribution is -2.44. The molecule has 0 aliphatic carbocycles. The van der Waals surface area contributed by atoms with Crippen molar-refractivity contribution in [3.63, 3.8) is 0 Å². The van der Waals surface area contributed by atoms with Crippen LogP contribution in [0.25, 0.3) is 16.7 Å². The molecule has 1 aliphatic rings. The fourth-order valence-electron chi connectivity index (χ4n) is 3.87. The van der Waals surface area contributed by atoms with Gasteiger partial charge >= 0.3 is 5.69 Å². The van der Waals surface area contributed by atoms with Gasteiger partial charge in [0.2, 0.25) is 11.8 Å². The van der Waals surface area contributed by atoms with Gasteiger partial charge in [-0.15, -0.1) is 0 Å². The topological polar surface area (TPSA) is 116 Å². The molecular formula is C21H21N3O6S. The van der Waals surface area contributed by atoms with Crippen LogP contribution in [0.5, 0.6) is 0 Å². The fraction of sp³-hybridized carbons (Fsp3) is 0.286. The summed E-state index contributed by atoms with van der Waals surface area (Å²) < 4.78 is 33.0. The Morgan fingerprint density at radius 1 is 1.10 bits per heavy atom. The molecule has 31 heavy (non-hydrogen) atoms. The summed E-state index contributed by atoms with van der Waals surface area (Å²) in [6.45, 7) is 3.29. The van der Waals surface area contributed by atoms with Crippen molar-refractivity contribution < 1.29 is 22.2 Å². The van der Waals surface area contributed by atoms with E-state index in [-0.39, 0.29) is 35.9 Å². The summed E-state index contributed by atoms with van der Waals surface area (Å²) in [5.74, 6) is -0.950. The van der Waals surface area contributed by atoms with Gasteiger partial charge in [0.15, 0.2) is 0 Å². The summed E-state index contributed by atoms with van der Waals surface area (Å²) in [6.07, 6.45) is 0.285. The minimum absolute atomic E-state index is 0.0530. The molecule has 2 heterocycles. The number of aromatic nitrogens is 2. The largest absolute Gasteiger partial charge is 0.334 e. The van der Waals surface area contributed by atoms with Gasteiger partial charge in [0.05, 0.1) is 23.3 Å². The van der Waals surface area contributed by atoms with E-state index in [1.807, 2.05) is 0 Å². The molecule has 10 heteroatoms. The Bertz CT molecular complexity index is 1370. The highest BCUT2D eigenvalue weighted by Gasteiger charge is 2.32. The molecule has 0 spiro atoms. The molecule has 0 saturated carbocycles. The number of carbonyl (C=O) groups is 2. The van der Waals surface area contributed by atoms with Crippen molar-refractivity contribution in [2.45, 2.75) is 37.6 Å². The molecule has 0 radical (unpaired) electrons. The zero-order valence-electron chi connectivity index (χ0n) is 17.0. The van der Waals surface area contributed by atoms with Crippen LogP contribution in [0.4, 0.5) is 0 Å². The minimum Gasteiger partial charge on any atom is -0.295 e. The van der Waals surface area contributed by atoms with Crippen LogP contribution in [-0.4, -0.2) is 36.0 Å². The van der Waals surface area contributed by atoms with Crippen LogP contribution < -0.4 is 11.0 Å². The number of benzene rings is 2. The highest BCUT2D eigenvalue weighted by atomic mass is 32.2. The van der Waals surface area contributed by atoms with E-state index in [1.54, 1.807) is 50.2 Å². The van der Waals surface area contributed by atoms with Crippen LogP contribution in [0.3, 0.4) is 0 Å². The Morgan fingerprint density at radius 2 is 1.81 bits per heavy atom. The van der Waals surface area contributed by atoms with Gasteiger partial charge in [-0.3, -0.25) is 28.2 Å². The average Bonchev–Trinajstić information content (AvgIpc) is 2.99. The van der Waals surface area contributed by atoms with Crippen LogP contribution in [-0.2, 0) is 23.9 Å². The standard InChI is InChI=1S/C21H21N3O6S/c1-3-30-31(28,29)18-10-8-13(2)12-17(18)24-15-7-5-4-6-14(15)23(21(24)27)16-9-11-19(25)22-20(16)26/h4-8,10,12,16H,3,9,11H2,1-2H3,(H,22,25,26). The summed E-state index contributed by atoms with van der Waals surface area (Å²) in [5, 5.41) is 2.27. The van der Waals surface area contributed by atoms with E-state index in [4.69, 9.17) is 4.18 Å². The Labute approximate surface area is 178 Å². The molecule has 3 aromatic rings. The molecule has 1 fully saturated rings. The third-order valence-corrected chi connectivity index (χ3v) is 6.63. The van der Waals surface area contributed by atoms with Crippen molar-refractivity contribution in [2.75, 3.05) is 6.61 Å². The van der Waals surface area contributed by atoms with Gasteiger partial charge < -0.3 is 0 Å². The molecule has 1 unspecified atom stereocenters. The molecule has 1 N–H and O–H groups in total. The second-order valence-corrected chi connectivity index (χ2v) is 8.86. The van der Waals surface area contributed by atoms with E-state index in [2.05, 4.69) is 5.32 Å². The number of nitrogens with zero attached hydrogens (tertiary/aromatic N) is 2. The molecule has 1 saturated heterocycles. The SMILES string of the molecule is CCOS(=O)(=O)c1ccc(C)cc1-n1c(=O)n(C2CCC(=O)NC2=O)c2ccccc21. The van der Waals surface area contributed by atoms with E-state index in [1.165, 1.54) is 15.2 Å². The van der Waals surface area contributed by atoms with Crippen LogP contribution in [0.2, 0.25) is 0 Å². The van der Waals surface area contributed by atoms with Gasteiger partial charge in [0, 0.05) is 6.42 Å². The first-order chi connectivity index (χ1) is 14.7. The van der Waals surface area contributed by atoms with Crippen LogP contribution in [0.15, 0.2) is 52.2 Å². The van der Waals surface area contributed by atoms with E-state index in [0.717, 1.165) is 5.56 Å². The summed E-state index contributed by atoms with van der Waals surface area (Å²) in [6, 6.07) is 10.5. The lowest BCUT2D eigenvalue weighted by molar-refractivity contribution is -0.135. The first-order valence-corrected chi connectivity index (χ1v) is 11.2. The maximum absolute atomic E-state index is 13.6. The molecule has 1 atom stereocenters. The predicted octanol–water partition coefficient (Wildman–Crippen LogP) is 1.80. The van der Waals surface area contributed by atoms with Crippen molar-refractivity contribution in [3.8, 4) is 5.69 Å². The molecule has 4 rings (SSSR count). The number of piperidine rings is 1. The average molecular weight is 443 g/mol. The van der Waals surface area contributed by atoms with Gasteiger partial charge in [-0.2, -0.15) is 8.42 Å². The lowest BCUT2D eigenvalue weighted by Gasteiger charge is -2.21. The molecule has 162 valence electrons. The first kappa shape index (κ1) is 21.0. The maximum Gasteiger partial charge on any atom is 0.334 e. The number of carbonyl (C=O) groups excluding carboxylic acids is 2. The highest BCUT2D eigenvalue weighted by molar-refractivity contribution is 7.86. The number of imide groups is 1. The zero-order valence-corrected chi connectivity index (χ0v) is 17.8. The van der Waals surface area contributed by atoms with E-state index < -0.39 is 27.8 Å². The van der Waals surface area contributed by atoms with Crippen LogP contribution in [0.1, 0.15) is 31.4 Å². The van der Waals surface area contributed by atoms with Gasteiger partial charge in [-0.1, -0.05) is 18.2 Å². The predicted molar refractivity (Wildman–Crippen MR) is 113 cm³/mol. The van der Waals surface area contributed by atoms with Gasteiger partial charge in [0.1, 0.15) is 10.9 Å². The third kappa shape index (κ3) is 3.57. The van der Waals surface area contributed by atoms with E-state index in [9.17, 15) is 22.8 Å². The number of hydrogen-bond donors (Lipinski definition) is 1. The van der Waals surface area contributed by atoms with E-state index in [0.29, 0.717) is 11.0 Å². The van der Waals surface area contributed by atoms with Gasteiger partial charge in [-0.05, 0) is 50.1 Å². The summed E-state index contributed by atoms with van der Waals surface area (Å²) >= 11 is 0. The fourth-order valence-corrected chi connectivity index (χ4v) is 4.94. The minimum atomic E-state index is -4.12. The van der Waals surface area contributed by atoms with Crippen molar-refractivity contribution in [2.24, 2.45) is 0 Å².